The van der Waals surface area contributed by atoms with Crippen molar-refractivity contribution in [1.29, 1.82) is 0 Å². The van der Waals surface area contributed by atoms with Crippen LogP contribution in [0.2, 0.25) is 0 Å². The Kier molecular flexibility index (Phi) is 4.25. The van der Waals surface area contributed by atoms with Crippen molar-refractivity contribution < 1.29 is 9.53 Å². The van der Waals surface area contributed by atoms with E-state index in [1.807, 2.05) is 36.4 Å². The highest BCUT2D eigenvalue weighted by atomic mass is 16.5. The molecule has 30 heavy (non-hydrogen) atoms. The van der Waals surface area contributed by atoms with E-state index < -0.39 is 0 Å². The smallest absolute Gasteiger partial charge is 0.343 e. The Labute approximate surface area is 176 Å². The Morgan fingerprint density at radius 3 is 2.53 bits per heavy atom. The van der Waals surface area contributed by atoms with Gasteiger partial charge in [-0.2, -0.15) is 0 Å². The van der Waals surface area contributed by atoms with Crippen LogP contribution in [0.15, 0.2) is 66.4 Å². The summed E-state index contributed by atoms with van der Waals surface area (Å²) in [6.45, 7) is 6.32. The van der Waals surface area contributed by atoms with Gasteiger partial charge in [-0.25, -0.2) is 4.79 Å². The molecule has 0 saturated heterocycles. The van der Waals surface area contributed by atoms with E-state index in [2.05, 4.69) is 63.3 Å². The van der Waals surface area contributed by atoms with Gasteiger partial charge < -0.3 is 4.74 Å². The van der Waals surface area contributed by atoms with E-state index in [4.69, 9.17) is 4.74 Å². The minimum absolute atomic E-state index is 0.127. The molecule has 0 fully saturated rings. The maximum absolute atomic E-state index is 12.9. The van der Waals surface area contributed by atoms with Crippen LogP contribution >= 0.6 is 0 Å². The minimum atomic E-state index is -0.300. The fraction of sp³-hybridized carbons (Fsp3) is 0.179. The molecule has 0 spiro atoms. The predicted molar refractivity (Wildman–Crippen MR) is 124 cm³/mol. The SMILES string of the molecule is CC(C)(C)c1ccccc1C(=O)OC1=CCc2c(ccc3c4c(ccc23)=CC=C4)=C1. The largest absolute Gasteiger partial charge is 0.423 e. The van der Waals surface area contributed by atoms with Crippen LogP contribution in [-0.4, -0.2) is 5.97 Å². The Bertz CT molecular complexity index is 1380. The summed E-state index contributed by atoms with van der Waals surface area (Å²) < 4.78 is 5.81. The molecule has 2 nitrogen and oxygen atoms in total. The molecule has 0 aliphatic heterocycles. The summed E-state index contributed by atoms with van der Waals surface area (Å²) in [6.07, 6.45) is 11.2. The Balaban J connectivity index is 1.50. The third kappa shape index (κ3) is 3.09. The second kappa shape index (κ2) is 6.84. The molecule has 2 aliphatic rings. The van der Waals surface area contributed by atoms with Crippen molar-refractivity contribution in [2.24, 2.45) is 0 Å². The molecular formula is C28H24O2. The molecule has 0 radical (unpaired) electrons. The van der Waals surface area contributed by atoms with Crippen molar-refractivity contribution in [3.05, 3.63) is 99.1 Å². The van der Waals surface area contributed by atoms with Crippen LogP contribution in [0.3, 0.4) is 0 Å². The van der Waals surface area contributed by atoms with E-state index in [1.165, 1.54) is 27.1 Å². The first kappa shape index (κ1) is 18.6. The molecule has 2 aliphatic carbocycles. The van der Waals surface area contributed by atoms with E-state index in [0.29, 0.717) is 11.3 Å². The highest BCUT2D eigenvalue weighted by molar-refractivity contribution is 5.96. The molecule has 0 amide bonds. The number of esters is 1. The first-order valence-electron chi connectivity index (χ1n) is 10.4. The zero-order chi connectivity index (χ0) is 20.9. The molecular weight excluding hydrogens is 368 g/mol. The monoisotopic (exact) mass is 392 g/mol. The highest BCUT2D eigenvalue weighted by Crippen LogP contribution is 2.28. The average molecular weight is 392 g/mol. The summed E-state index contributed by atoms with van der Waals surface area (Å²) in [5.41, 5.74) is 4.07. The second-order valence-electron chi connectivity index (χ2n) is 8.96. The number of fused-ring (bicyclic) bond motifs is 5. The van der Waals surface area contributed by atoms with Gasteiger partial charge in [-0.05, 0) is 68.0 Å². The van der Waals surface area contributed by atoms with E-state index in [-0.39, 0.29) is 11.4 Å². The van der Waals surface area contributed by atoms with Crippen molar-refractivity contribution in [1.82, 2.24) is 0 Å². The summed E-state index contributed by atoms with van der Waals surface area (Å²) in [6, 6.07) is 16.4. The van der Waals surface area contributed by atoms with Gasteiger partial charge >= 0.3 is 5.97 Å². The van der Waals surface area contributed by atoms with Crippen molar-refractivity contribution >= 4 is 35.0 Å². The summed E-state index contributed by atoms with van der Waals surface area (Å²) >= 11 is 0. The Morgan fingerprint density at radius 2 is 1.70 bits per heavy atom. The normalized spacial score (nSPS) is 14.4. The number of benzene rings is 3. The van der Waals surface area contributed by atoms with Gasteiger partial charge in [0.15, 0.2) is 0 Å². The molecule has 3 aromatic carbocycles. The van der Waals surface area contributed by atoms with Gasteiger partial charge in [-0.15, -0.1) is 0 Å². The number of hydrogen-bond acceptors (Lipinski definition) is 2. The van der Waals surface area contributed by atoms with Gasteiger partial charge in [-0.1, -0.05) is 81.5 Å². The molecule has 0 atom stereocenters. The topological polar surface area (TPSA) is 26.3 Å². The van der Waals surface area contributed by atoms with Gasteiger partial charge in [-0.3, -0.25) is 0 Å². The van der Waals surface area contributed by atoms with Crippen LogP contribution in [0.25, 0.3) is 29.0 Å². The molecule has 148 valence electrons. The van der Waals surface area contributed by atoms with E-state index in [9.17, 15) is 4.79 Å². The van der Waals surface area contributed by atoms with E-state index >= 15 is 0 Å². The first-order chi connectivity index (χ1) is 14.4. The number of rotatable bonds is 2. The molecule has 0 aromatic heterocycles. The lowest BCUT2D eigenvalue weighted by Crippen LogP contribution is -2.19. The average Bonchev–Trinajstić information content (AvgIpc) is 3.22. The van der Waals surface area contributed by atoms with Crippen molar-refractivity contribution in [2.75, 3.05) is 0 Å². The van der Waals surface area contributed by atoms with E-state index in [1.54, 1.807) is 0 Å². The Hall–Kier alpha value is -3.39. The number of hydrogen-bond donors (Lipinski definition) is 0. The van der Waals surface area contributed by atoms with Gasteiger partial charge in [0.25, 0.3) is 0 Å². The molecule has 0 saturated carbocycles. The molecule has 0 unspecified atom stereocenters. The minimum Gasteiger partial charge on any atom is -0.423 e. The van der Waals surface area contributed by atoms with Crippen molar-refractivity contribution in [3.63, 3.8) is 0 Å². The number of carbonyl (C=O) groups is 1. The molecule has 0 N–H and O–H groups in total. The number of ether oxygens (including phenoxy) is 1. The van der Waals surface area contributed by atoms with Gasteiger partial charge in [0.05, 0.1) is 5.56 Å². The zero-order valence-electron chi connectivity index (χ0n) is 17.5. The quantitative estimate of drug-likeness (QED) is 0.572. The van der Waals surface area contributed by atoms with Gasteiger partial charge in [0.2, 0.25) is 0 Å². The highest BCUT2D eigenvalue weighted by Gasteiger charge is 2.23. The van der Waals surface area contributed by atoms with Gasteiger partial charge in [0, 0.05) is 0 Å². The number of carbonyl (C=O) groups excluding carboxylic acids is 1. The lowest BCUT2D eigenvalue weighted by molar-refractivity contribution is 0.0638. The standard InChI is InChI=1S/C28H24O2/c1-28(2,3)26-10-5-4-8-25(26)27(29)30-20-13-16-22-19(17-20)12-15-23-21-9-6-7-18(21)11-14-24(22)23/h4-15,17H,16H2,1-3H3. The zero-order valence-corrected chi connectivity index (χ0v) is 17.5. The fourth-order valence-corrected chi connectivity index (χ4v) is 4.43. The van der Waals surface area contributed by atoms with Crippen molar-refractivity contribution in [3.8, 4) is 0 Å². The van der Waals surface area contributed by atoms with Crippen LogP contribution < -0.4 is 10.4 Å². The van der Waals surface area contributed by atoms with Crippen LogP contribution in [0.4, 0.5) is 0 Å². The summed E-state index contributed by atoms with van der Waals surface area (Å²) in [4.78, 5) is 12.9. The van der Waals surface area contributed by atoms with Gasteiger partial charge in [0.1, 0.15) is 5.76 Å². The molecule has 0 bridgehead atoms. The lowest BCUT2D eigenvalue weighted by Gasteiger charge is -2.22. The van der Waals surface area contributed by atoms with Crippen LogP contribution in [0, 0.1) is 0 Å². The lowest BCUT2D eigenvalue weighted by atomic mass is 9.84. The predicted octanol–water partition coefficient (Wildman–Crippen LogP) is 5.02. The van der Waals surface area contributed by atoms with E-state index in [0.717, 1.165) is 17.2 Å². The molecule has 5 rings (SSSR count). The number of allylic oxidation sites excluding steroid dienone is 3. The fourth-order valence-electron chi connectivity index (χ4n) is 4.43. The molecule has 2 heteroatoms. The first-order valence-corrected chi connectivity index (χ1v) is 10.4. The molecule has 3 aromatic rings. The van der Waals surface area contributed by atoms with Crippen LogP contribution in [0.1, 0.15) is 47.8 Å². The third-order valence-electron chi connectivity index (χ3n) is 5.93. The maximum atomic E-state index is 12.9. The third-order valence-corrected chi connectivity index (χ3v) is 5.93. The maximum Gasteiger partial charge on any atom is 0.343 e. The second-order valence-corrected chi connectivity index (χ2v) is 8.96. The van der Waals surface area contributed by atoms with Crippen molar-refractivity contribution in [2.45, 2.75) is 32.6 Å². The summed E-state index contributed by atoms with van der Waals surface area (Å²) in [5.74, 6) is 0.315. The summed E-state index contributed by atoms with van der Waals surface area (Å²) in [5, 5.41) is 4.92. The summed E-state index contributed by atoms with van der Waals surface area (Å²) in [7, 11) is 0. The van der Waals surface area contributed by atoms with Crippen LogP contribution in [0.5, 0.6) is 0 Å². The van der Waals surface area contributed by atoms with Crippen LogP contribution in [-0.2, 0) is 16.6 Å². The molecule has 0 heterocycles. The Morgan fingerprint density at radius 1 is 0.933 bits per heavy atom.